The number of benzene rings is 1. The van der Waals surface area contributed by atoms with E-state index in [2.05, 4.69) is 21.6 Å². The van der Waals surface area contributed by atoms with Gasteiger partial charge in [0.25, 0.3) is 11.5 Å². The number of nitrogens with one attached hydrogen (secondary N) is 2. The number of anilines is 1. The SMILES string of the molecule is C=C1OCc2c1[nH]c(=O)c(C(=O)Nc1ccc(OC(C)(F)F)cc1)c2C. The summed E-state index contributed by atoms with van der Waals surface area (Å²) in [5.41, 5.74) is 1.44. The molecule has 0 saturated heterocycles. The van der Waals surface area contributed by atoms with E-state index >= 15 is 0 Å². The fourth-order valence-electron chi connectivity index (χ4n) is 2.69. The molecule has 0 fully saturated rings. The van der Waals surface area contributed by atoms with Crippen LogP contribution in [0.5, 0.6) is 5.75 Å². The van der Waals surface area contributed by atoms with Crippen molar-refractivity contribution in [3.8, 4) is 5.75 Å². The zero-order chi connectivity index (χ0) is 19.1. The number of pyridine rings is 1. The van der Waals surface area contributed by atoms with Crippen LogP contribution in [-0.2, 0) is 11.3 Å². The molecule has 3 rings (SSSR count). The van der Waals surface area contributed by atoms with E-state index in [1.165, 1.54) is 24.3 Å². The highest BCUT2D eigenvalue weighted by atomic mass is 19.3. The third-order valence-corrected chi connectivity index (χ3v) is 3.90. The molecule has 0 bridgehead atoms. The number of ether oxygens (including phenoxy) is 2. The zero-order valence-corrected chi connectivity index (χ0v) is 14.1. The molecular weight excluding hydrogens is 346 g/mol. The summed E-state index contributed by atoms with van der Waals surface area (Å²) in [5.74, 6) is -0.299. The van der Waals surface area contributed by atoms with E-state index in [1.54, 1.807) is 6.92 Å². The van der Waals surface area contributed by atoms with Crippen LogP contribution in [0.3, 0.4) is 0 Å². The van der Waals surface area contributed by atoms with E-state index in [9.17, 15) is 18.4 Å². The van der Waals surface area contributed by atoms with Gasteiger partial charge in [-0.1, -0.05) is 6.58 Å². The Morgan fingerprint density at radius 1 is 1.35 bits per heavy atom. The van der Waals surface area contributed by atoms with E-state index in [0.29, 0.717) is 35.2 Å². The molecule has 0 spiro atoms. The standard InChI is InChI=1S/C18H16F2N2O4/c1-9-13-8-25-10(2)15(13)22-17(24)14(9)16(23)21-11-4-6-12(7-5-11)26-18(3,19)20/h4-7H,2,8H2,1,3H3,(H,21,23)(H,22,24). The van der Waals surface area contributed by atoms with Gasteiger partial charge in [0.15, 0.2) is 0 Å². The van der Waals surface area contributed by atoms with Crippen LogP contribution < -0.4 is 15.6 Å². The van der Waals surface area contributed by atoms with E-state index in [4.69, 9.17) is 4.74 Å². The molecule has 2 N–H and O–H groups in total. The first-order valence-electron chi connectivity index (χ1n) is 7.72. The second kappa shape index (κ2) is 6.29. The molecule has 0 atom stereocenters. The van der Waals surface area contributed by atoms with Crippen molar-refractivity contribution in [2.45, 2.75) is 26.6 Å². The predicted octanol–water partition coefficient (Wildman–Crippen LogP) is 3.43. The molecule has 2 heterocycles. The minimum Gasteiger partial charge on any atom is -0.487 e. The van der Waals surface area contributed by atoms with Gasteiger partial charge in [0.1, 0.15) is 23.7 Å². The van der Waals surface area contributed by atoms with Gasteiger partial charge in [-0.2, -0.15) is 8.78 Å². The Hall–Kier alpha value is -3.16. The molecule has 1 aromatic heterocycles. The molecular formula is C18H16F2N2O4. The summed E-state index contributed by atoms with van der Waals surface area (Å²) in [6.45, 7) is 6.21. The van der Waals surface area contributed by atoms with Crippen molar-refractivity contribution >= 4 is 17.4 Å². The van der Waals surface area contributed by atoms with Gasteiger partial charge in [-0.25, -0.2) is 0 Å². The summed E-state index contributed by atoms with van der Waals surface area (Å²) in [6, 6.07) is 5.40. The number of aromatic nitrogens is 1. The number of H-pyrrole nitrogens is 1. The van der Waals surface area contributed by atoms with Gasteiger partial charge in [0.05, 0.1) is 5.69 Å². The van der Waals surface area contributed by atoms with Crippen molar-refractivity contribution in [1.82, 2.24) is 4.98 Å². The van der Waals surface area contributed by atoms with Crippen molar-refractivity contribution in [1.29, 1.82) is 0 Å². The minimum atomic E-state index is -3.30. The number of hydrogen-bond donors (Lipinski definition) is 2. The maximum absolute atomic E-state index is 12.8. The lowest BCUT2D eigenvalue weighted by Gasteiger charge is -2.13. The van der Waals surface area contributed by atoms with Gasteiger partial charge in [0, 0.05) is 18.2 Å². The third-order valence-electron chi connectivity index (χ3n) is 3.90. The number of halogens is 2. The Labute approximate surface area is 147 Å². The highest BCUT2D eigenvalue weighted by Crippen LogP contribution is 2.29. The van der Waals surface area contributed by atoms with Crippen LogP contribution in [0.4, 0.5) is 14.5 Å². The maximum atomic E-state index is 12.8. The summed E-state index contributed by atoms with van der Waals surface area (Å²) >= 11 is 0. The number of carbonyl (C=O) groups excluding carboxylic acids is 1. The number of fused-ring (bicyclic) bond motifs is 1. The first-order valence-corrected chi connectivity index (χ1v) is 7.72. The zero-order valence-electron chi connectivity index (χ0n) is 14.1. The number of rotatable bonds is 4. The Morgan fingerprint density at radius 2 is 2.00 bits per heavy atom. The molecule has 6 nitrogen and oxygen atoms in total. The molecule has 2 aromatic rings. The van der Waals surface area contributed by atoms with E-state index < -0.39 is 17.6 Å². The van der Waals surface area contributed by atoms with Gasteiger partial charge in [0.2, 0.25) is 0 Å². The molecule has 136 valence electrons. The molecule has 26 heavy (non-hydrogen) atoms. The molecule has 0 radical (unpaired) electrons. The molecule has 1 aliphatic rings. The van der Waals surface area contributed by atoms with Crippen molar-refractivity contribution in [3.63, 3.8) is 0 Å². The van der Waals surface area contributed by atoms with Crippen LogP contribution in [-0.4, -0.2) is 17.0 Å². The Balaban J connectivity index is 1.83. The topological polar surface area (TPSA) is 80.4 Å². The average Bonchev–Trinajstić information content (AvgIpc) is 2.89. The number of aromatic amines is 1. The van der Waals surface area contributed by atoms with Crippen LogP contribution in [0.15, 0.2) is 35.6 Å². The molecule has 1 amide bonds. The van der Waals surface area contributed by atoms with Gasteiger partial charge in [-0.05, 0) is 36.8 Å². The Morgan fingerprint density at radius 3 is 2.62 bits per heavy atom. The van der Waals surface area contributed by atoms with Crippen LogP contribution in [0, 0.1) is 6.92 Å². The molecule has 0 unspecified atom stereocenters. The highest BCUT2D eigenvalue weighted by Gasteiger charge is 2.26. The van der Waals surface area contributed by atoms with Crippen LogP contribution in [0.2, 0.25) is 0 Å². The largest absolute Gasteiger partial charge is 0.487 e. The summed E-state index contributed by atoms with van der Waals surface area (Å²) < 4.78 is 35.4. The van der Waals surface area contributed by atoms with E-state index in [0.717, 1.165) is 0 Å². The molecule has 0 saturated carbocycles. The Bertz CT molecular complexity index is 943. The van der Waals surface area contributed by atoms with Gasteiger partial charge in [-0.15, -0.1) is 0 Å². The van der Waals surface area contributed by atoms with Crippen molar-refractivity contribution in [2.24, 2.45) is 0 Å². The number of carbonyl (C=O) groups is 1. The summed E-state index contributed by atoms with van der Waals surface area (Å²) in [6.07, 6.45) is -3.30. The Kier molecular flexibility index (Phi) is 4.27. The van der Waals surface area contributed by atoms with Crippen molar-refractivity contribution in [3.05, 3.63) is 63.6 Å². The van der Waals surface area contributed by atoms with Crippen LogP contribution in [0.1, 0.15) is 34.1 Å². The lowest BCUT2D eigenvalue weighted by atomic mass is 10.0. The molecule has 8 heteroatoms. The maximum Gasteiger partial charge on any atom is 0.394 e. The molecule has 1 aromatic carbocycles. The first-order chi connectivity index (χ1) is 12.2. The van der Waals surface area contributed by atoms with Gasteiger partial charge >= 0.3 is 6.11 Å². The highest BCUT2D eigenvalue weighted by molar-refractivity contribution is 6.05. The second-order valence-corrected chi connectivity index (χ2v) is 5.91. The van der Waals surface area contributed by atoms with Gasteiger partial charge < -0.3 is 19.8 Å². The summed E-state index contributed by atoms with van der Waals surface area (Å²) in [7, 11) is 0. The van der Waals surface area contributed by atoms with Crippen LogP contribution in [0.25, 0.3) is 5.76 Å². The average molecular weight is 362 g/mol. The second-order valence-electron chi connectivity index (χ2n) is 5.91. The fourth-order valence-corrected chi connectivity index (χ4v) is 2.69. The van der Waals surface area contributed by atoms with Gasteiger partial charge in [-0.3, -0.25) is 9.59 Å². The lowest BCUT2D eigenvalue weighted by molar-refractivity contribution is -0.158. The number of hydrogen-bond acceptors (Lipinski definition) is 4. The number of amides is 1. The predicted molar refractivity (Wildman–Crippen MR) is 91.3 cm³/mol. The van der Waals surface area contributed by atoms with E-state index in [-0.39, 0.29) is 17.9 Å². The number of alkyl halides is 2. The minimum absolute atomic E-state index is 0.0394. The monoisotopic (exact) mass is 362 g/mol. The fraction of sp³-hybridized carbons (Fsp3) is 0.222. The van der Waals surface area contributed by atoms with E-state index in [1.807, 2.05) is 0 Å². The van der Waals surface area contributed by atoms with Crippen molar-refractivity contribution < 1.29 is 23.0 Å². The molecule has 1 aliphatic heterocycles. The lowest BCUT2D eigenvalue weighted by Crippen LogP contribution is -2.26. The first kappa shape index (κ1) is 17.7. The van der Waals surface area contributed by atoms with Crippen LogP contribution >= 0.6 is 0 Å². The van der Waals surface area contributed by atoms with Crippen molar-refractivity contribution in [2.75, 3.05) is 5.32 Å². The normalized spacial score (nSPS) is 13.2. The smallest absolute Gasteiger partial charge is 0.394 e. The quantitative estimate of drug-likeness (QED) is 0.873. The summed E-state index contributed by atoms with van der Waals surface area (Å²) in [5, 5.41) is 2.57. The summed E-state index contributed by atoms with van der Waals surface area (Å²) in [4.78, 5) is 27.4. The third kappa shape index (κ3) is 3.44. The molecule has 0 aliphatic carbocycles.